The molecule has 4 heterocycles. The minimum absolute atomic E-state index is 0.104. The molecule has 2 fully saturated rings. The molecule has 1 aromatic carbocycles. The molecule has 9 nitrogen and oxygen atoms in total. The Labute approximate surface area is 195 Å². The van der Waals surface area contributed by atoms with Gasteiger partial charge in [-0.15, -0.1) is 0 Å². The smallest absolute Gasteiger partial charge is 0.262 e. The van der Waals surface area contributed by atoms with E-state index in [0.29, 0.717) is 22.8 Å². The van der Waals surface area contributed by atoms with E-state index in [4.69, 9.17) is 11.6 Å². The Kier molecular flexibility index (Phi) is 5.59. The van der Waals surface area contributed by atoms with Gasteiger partial charge in [0, 0.05) is 51.0 Å². The van der Waals surface area contributed by atoms with Crippen molar-refractivity contribution in [1.29, 1.82) is 0 Å². The number of halogens is 1. The summed E-state index contributed by atoms with van der Waals surface area (Å²) in [5.41, 5.74) is 2.59. The maximum absolute atomic E-state index is 13.0. The first-order valence-corrected chi connectivity index (χ1v) is 11.2. The van der Waals surface area contributed by atoms with E-state index in [-0.39, 0.29) is 18.7 Å². The first-order valence-electron chi connectivity index (χ1n) is 10.8. The molecule has 0 bridgehead atoms. The lowest BCUT2D eigenvalue weighted by atomic mass is 10.0. The molecular formula is C23H22ClN5O4. The third-order valence-electron chi connectivity index (χ3n) is 6.36. The number of piperidine rings is 1. The second kappa shape index (κ2) is 8.57. The Morgan fingerprint density at radius 3 is 2.45 bits per heavy atom. The van der Waals surface area contributed by atoms with E-state index >= 15 is 0 Å². The third-order valence-corrected chi connectivity index (χ3v) is 6.56. The van der Waals surface area contributed by atoms with E-state index in [1.165, 1.54) is 0 Å². The van der Waals surface area contributed by atoms with Crippen molar-refractivity contribution >= 4 is 40.9 Å². The van der Waals surface area contributed by atoms with Gasteiger partial charge in [0.2, 0.25) is 11.8 Å². The maximum atomic E-state index is 13.0. The second-order valence-corrected chi connectivity index (χ2v) is 8.81. The molecule has 3 aliphatic heterocycles. The summed E-state index contributed by atoms with van der Waals surface area (Å²) in [6, 6.07) is 8.11. The van der Waals surface area contributed by atoms with Crippen LogP contribution in [0.4, 0.5) is 5.69 Å². The molecule has 0 aliphatic carbocycles. The number of imide groups is 2. The highest BCUT2D eigenvalue weighted by molar-refractivity contribution is 6.29. The van der Waals surface area contributed by atoms with E-state index in [1.54, 1.807) is 18.3 Å². The Morgan fingerprint density at radius 1 is 0.970 bits per heavy atom. The van der Waals surface area contributed by atoms with Crippen molar-refractivity contribution in [3.8, 4) is 0 Å². The molecule has 0 radical (unpaired) electrons. The number of benzene rings is 1. The zero-order valence-corrected chi connectivity index (χ0v) is 18.5. The van der Waals surface area contributed by atoms with Crippen LogP contribution >= 0.6 is 11.6 Å². The number of amides is 4. The first-order chi connectivity index (χ1) is 15.9. The van der Waals surface area contributed by atoms with Crippen molar-refractivity contribution < 1.29 is 19.2 Å². The lowest BCUT2D eigenvalue weighted by molar-refractivity contribution is -0.136. The molecule has 5 rings (SSSR count). The Balaban J connectivity index is 1.26. The van der Waals surface area contributed by atoms with E-state index in [9.17, 15) is 19.2 Å². The standard InChI is InChI=1S/C23H22ClN5O4/c24-19-12-15(5-6-25-19)28-9-7-27(8-10-28)13-14-1-2-16-17(11-14)23(33)29(22(16)32)18-3-4-20(30)26-21(18)31/h1-2,5-6,11-12,18H,3-4,7-10,13H2,(H,26,30,31). The zero-order valence-electron chi connectivity index (χ0n) is 17.8. The van der Waals surface area contributed by atoms with E-state index in [2.05, 4.69) is 20.1 Å². The number of piperazine rings is 1. The maximum Gasteiger partial charge on any atom is 0.262 e. The number of rotatable bonds is 4. The molecule has 1 unspecified atom stereocenters. The molecule has 1 aromatic heterocycles. The van der Waals surface area contributed by atoms with Crippen molar-refractivity contribution in [2.24, 2.45) is 0 Å². The van der Waals surface area contributed by atoms with Gasteiger partial charge in [-0.2, -0.15) is 0 Å². The number of hydrogen-bond acceptors (Lipinski definition) is 7. The number of nitrogens with one attached hydrogen (secondary N) is 1. The monoisotopic (exact) mass is 467 g/mol. The van der Waals surface area contributed by atoms with Gasteiger partial charge in [-0.05, 0) is 36.2 Å². The summed E-state index contributed by atoms with van der Waals surface area (Å²) in [5, 5.41) is 2.68. The molecule has 0 spiro atoms. The number of carbonyl (C=O) groups excluding carboxylic acids is 4. The summed E-state index contributed by atoms with van der Waals surface area (Å²) in [4.78, 5) is 59.1. The van der Waals surface area contributed by atoms with Crippen LogP contribution in [0.3, 0.4) is 0 Å². The summed E-state index contributed by atoms with van der Waals surface area (Å²) in [6.45, 7) is 4.01. The van der Waals surface area contributed by atoms with Crippen LogP contribution in [0.25, 0.3) is 0 Å². The van der Waals surface area contributed by atoms with Crippen LogP contribution in [0.5, 0.6) is 0 Å². The molecule has 1 N–H and O–H groups in total. The van der Waals surface area contributed by atoms with Gasteiger partial charge in [0.1, 0.15) is 11.2 Å². The summed E-state index contributed by atoms with van der Waals surface area (Å²) in [5.74, 6) is -1.96. The molecule has 3 aliphatic rings. The normalized spacial score (nSPS) is 21.4. The SMILES string of the molecule is O=C1CCC(N2C(=O)c3ccc(CN4CCN(c5ccnc(Cl)c5)CC4)cc3C2=O)C(=O)N1. The first kappa shape index (κ1) is 21.5. The third kappa shape index (κ3) is 4.09. The number of anilines is 1. The number of aromatic nitrogens is 1. The van der Waals surface area contributed by atoms with Crippen LogP contribution < -0.4 is 10.2 Å². The van der Waals surface area contributed by atoms with Gasteiger partial charge in [-0.3, -0.25) is 34.3 Å². The van der Waals surface area contributed by atoms with Crippen molar-refractivity contribution in [2.45, 2.75) is 25.4 Å². The van der Waals surface area contributed by atoms with Crippen molar-refractivity contribution in [3.05, 3.63) is 58.4 Å². The van der Waals surface area contributed by atoms with Crippen LogP contribution in [0.15, 0.2) is 36.5 Å². The van der Waals surface area contributed by atoms with Gasteiger partial charge in [0.05, 0.1) is 11.1 Å². The highest BCUT2D eigenvalue weighted by Crippen LogP contribution is 2.29. The number of carbonyl (C=O) groups is 4. The van der Waals surface area contributed by atoms with Crippen LogP contribution in [0.2, 0.25) is 5.15 Å². The fraction of sp³-hybridized carbons (Fsp3) is 0.348. The Hall–Kier alpha value is -3.30. The highest BCUT2D eigenvalue weighted by atomic mass is 35.5. The minimum atomic E-state index is -0.951. The molecule has 170 valence electrons. The van der Waals surface area contributed by atoms with Crippen LogP contribution in [-0.4, -0.2) is 70.6 Å². The summed E-state index contributed by atoms with van der Waals surface area (Å²) >= 11 is 6.00. The largest absolute Gasteiger partial charge is 0.369 e. The molecular weight excluding hydrogens is 446 g/mol. The molecule has 0 saturated carbocycles. The van der Waals surface area contributed by atoms with Crippen molar-refractivity contribution in [1.82, 2.24) is 20.1 Å². The fourth-order valence-electron chi connectivity index (χ4n) is 4.63. The predicted octanol–water partition coefficient (Wildman–Crippen LogP) is 1.46. The van der Waals surface area contributed by atoms with Gasteiger partial charge in [0.15, 0.2) is 0 Å². The molecule has 2 saturated heterocycles. The number of hydrogen-bond donors (Lipinski definition) is 1. The number of pyridine rings is 1. The average molecular weight is 468 g/mol. The van der Waals surface area contributed by atoms with Crippen molar-refractivity contribution in [3.63, 3.8) is 0 Å². The highest BCUT2D eigenvalue weighted by Gasteiger charge is 2.44. The average Bonchev–Trinajstić information content (AvgIpc) is 3.04. The minimum Gasteiger partial charge on any atom is -0.369 e. The second-order valence-electron chi connectivity index (χ2n) is 8.43. The molecule has 2 aromatic rings. The summed E-state index contributed by atoms with van der Waals surface area (Å²) in [6.07, 6.45) is 1.95. The zero-order chi connectivity index (χ0) is 23.1. The molecule has 1 atom stereocenters. The Morgan fingerprint density at radius 2 is 1.73 bits per heavy atom. The van der Waals surface area contributed by atoms with Gasteiger partial charge >= 0.3 is 0 Å². The molecule has 10 heteroatoms. The molecule has 33 heavy (non-hydrogen) atoms. The summed E-state index contributed by atoms with van der Waals surface area (Å²) < 4.78 is 0. The van der Waals surface area contributed by atoms with Crippen LogP contribution in [0, 0.1) is 0 Å². The predicted molar refractivity (Wildman–Crippen MR) is 120 cm³/mol. The lowest BCUT2D eigenvalue weighted by Crippen LogP contribution is -2.54. The van der Waals surface area contributed by atoms with Gasteiger partial charge < -0.3 is 4.90 Å². The van der Waals surface area contributed by atoms with E-state index in [1.807, 2.05) is 18.2 Å². The van der Waals surface area contributed by atoms with Gasteiger partial charge in [-0.25, -0.2) is 4.98 Å². The van der Waals surface area contributed by atoms with E-state index < -0.39 is 23.8 Å². The van der Waals surface area contributed by atoms with Gasteiger partial charge in [-0.1, -0.05) is 17.7 Å². The van der Waals surface area contributed by atoms with Crippen molar-refractivity contribution in [2.75, 3.05) is 31.1 Å². The lowest BCUT2D eigenvalue weighted by Gasteiger charge is -2.36. The fourth-order valence-corrected chi connectivity index (χ4v) is 4.80. The van der Waals surface area contributed by atoms with Crippen LogP contribution in [0.1, 0.15) is 39.1 Å². The Bertz CT molecular complexity index is 1160. The summed E-state index contributed by atoms with van der Waals surface area (Å²) in [7, 11) is 0. The topological polar surface area (TPSA) is 103 Å². The number of fused-ring (bicyclic) bond motifs is 1. The quantitative estimate of drug-likeness (QED) is 0.536. The molecule has 4 amide bonds. The van der Waals surface area contributed by atoms with E-state index in [0.717, 1.165) is 42.3 Å². The van der Waals surface area contributed by atoms with Crippen LogP contribution in [-0.2, 0) is 16.1 Å². The number of nitrogens with zero attached hydrogens (tertiary/aromatic N) is 4. The van der Waals surface area contributed by atoms with Gasteiger partial charge in [0.25, 0.3) is 11.8 Å².